The molecule has 1 atom stereocenters. The Hall–Kier alpha value is -4.37. The number of allylic oxidation sites excluding steroid dienone is 1. The van der Waals surface area contributed by atoms with Crippen LogP contribution < -0.4 is 10.1 Å². The summed E-state index contributed by atoms with van der Waals surface area (Å²) in [5, 5.41) is 3.79. The zero-order valence-corrected chi connectivity index (χ0v) is 22.5. The van der Waals surface area contributed by atoms with Gasteiger partial charge in [-0.2, -0.15) is 0 Å². The molecule has 0 radical (unpaired) electrons. The summed E-state index contributed by atoms with van der Waals surface area (Å²) in [4.78, 5) is 33.2. The summed E-state index contributed by atoms with van der Waals surface area (Å²) in [5.74, 6) is 0.356. The summed E-state index contributed by atoms with van der Waals surface area (Å²) in [7, 11) is 1.31. The van der Waals surface area contributed by atoms with Crippen molar-refractivity contribution in [3.05, 3.63) is 107 Å². The molecule has 0 spiro atoms. The Balaban J connectivity index is 1.60. The Morgan fingerprint density at radius 1 is 1.15 bits per heavy atom. The molecule has 1 aromatic heterocycles. The Morgan fingerprint density at radius 3 is 2.56 bits per heavy atom. The Labute approximate surface area is 231 Å². The SMILES string of the molecule is C=C1C=C(Nc2ccc(Oc3cccc(F)c3)c(C)n2)N(Cc2ccc(Cl)cc2)C(=O)N1C[C@H](C)C(=O)OC. The van der Waals surface area contributed by atoms with Crippen molar-refractivity contribution in [2.75, 3.05) is 19.0 Å². The fourth-order valence-electron chi connectivity index (χ4n) is 3.97. The van der Waals surface area contributed by atoms with Gasteiger partial charge in [-0.3, -0.25) is 14.6 Å². The third kappa shape index (κ3) is 6.74. The first-order valence-corrected chi connectivity index (χ1v) is 12.5. The average Bonchev–Trinajstić information content (AvgIpc) is 2.91. The average molecular weight is 551 g/mol. The Bertz CT molecular complexity index is 1430. The minimum Gasteiger partial charge on any atom is -0.469 e. The van der Waals surface area contributed by atoms with Crippen LogP contribution >= 0.6 is 11.6 Å². The number of aromatic nitrogens is 1. The fraction of sp³-hybridized carbons (Fsp3) is 0.207. The standard InChI is InChI=1S/C29H28ClFN4O4/c1-18(28(36)38-4)16-34-19(2)14-27(35(29(34)37)17-21-8-10-22(30)11-9-21)33-26-13-12-25(20(3)32-26)39-24-7-5-6-23(31)15-24/h5-15,18H,2,16-17H2,1,3-4H3,(H,32,33)/t18-/m0/s1. The zero-order valence-electron chi connectivity index (χ0n) is 21.8. The van der Waals surface area contributed by atoms with E-state index in [2.05, 4.69) is 16.9 Å². The number of rotatable bonds is 9. The van der Waals surface area contributed by atoms with E-state index >= 15 is 0 Å². The van der Waals surface area contributed by atoms with Crippen LogP contribution in [0.15, 0.2) is 84.8 Å². The van der Waals surface area contributed by atoms with E-state index in [1.54, 1.807) is 56.3 Å². The minimum atomic E-state index is -0.550. The maximum atomic E-state index is 13.7. The molecule has 0 saturated heterocycles. The number of halogens is 2. The number of carbonyl (C=O) groups is 2. The largest absolute Gasteiger partial charge is 0.469 e. The van der Waals surface area contributed by atoms with Crippen molar-refractivity contribution in [2.24, 2.45) is 5.92 Å². The van der Waals surface area contributed by atoms with Gasteiger partial charge in [-0.05, 0) is 48.9 Å². The highest BCUT2D eigenvalue weighted by Crippen LogP contribution is 2.29. The molecular formula is C29H28ClFN4O4. The van der Waals surface area contributed by atoms with Crippen molar-refractivity contribution >= 4 is 29.4 Å². The van der Waals surface area contributed by atoms with E-state index in [1.807, 2.05) is 12.1 Å². The fourth-order valence-corrected chi connectivity index (χ4v) is 4.10. The molecule has 10 heteroatoms. The van der Waals surface area contributed by atoms with E-state index in [0.29, 0.717) is 39.6 Å². The number of aryl methyl sites for hydroxylation is 1. The molecule has 0 aliphatic carbocycles. The van der Waals surface area contributed by atoms with Crippen molar-refractivity contribution in [1.82, 2.24) is 14.8 Å². The van der Waals surface area contributed by atoms with E-state index in [4.69, 9.17) is 21.1 Å². The van der Waals surface area contributed by atoms with Gasteiger partial charge in [0.1, 0.15) is 29.0 Å². The third-order valence-electron chi connectivity index (χ3n) is 6.03. The van der Waals surface area contributed by atoms with E-state index in [0.717, 1.165) is 5.56 Å². The number of esters is 1. The number of pyridine rings is 1. The van der Waals surface area contributed by atoms with Crippen LogP contribution in [0, 0.1) is 18.7 Å². The Kier molecular flexibility index (Phi) is 8.51. The smallest absolute Gasteiger partial charge is 0.330 e. The molecule has 0 saturated carbocycles. The molecule has 8 nitrogen and oxygen atoms in total. The van der Waals surface area contributed by atoms with Gasteiger partial charge in [-0.1, -0.05) is 43.3 Å². The van der Waals surface area contributed by atoms with Gasteiger partial charge in [0.15, 0.2) is 0 Å². The van der Waals surface area contributed by atoms with Crippen LogP contribution in [-0.2, 0) is 16.1 Å². The number of nitrogens with zero attached hydrogens (tertiary/aromatic N) is 3. The number of ether oxygens (including phenoxy) is 2. The summed E-state index contributed by atoms with van der Waals surface area (Å²) in [6.45, 7) is 7.82. The number of anilines is 1. The van der Waals surface area contributed by atoms with Gasteiger partial charge in [0.2, 0.25) is 0 Å². The number of urea groups is 1. The number of hydrogen-bond acceptors (Lipinski definition) is 6. The molecule has 0 unspecified atom stereocenters. The maximum absolute atomic E-state index is 13.7. The van der Waals surface area contributed by atoms with Crippen molar-refractivity contribution in [3.8, 4) is 11.5 Å². The zero-order chi connectivity index (χ0) is 28.1. The molecule has 2 amide bonds. The van der Waals surface area contributed by atoms with Crippen LogP contribution in [0.4, 0.5) is 15.0 Å². The molecule has 2 aromatic carbocycles. The summed E-state index contributed by atoms with van der Waals surface area (Å²) in [6, 6.07) is 16.1. The van der Waals surface area contributed by atoms with Crippen LogP contribution in [0.25, 0.3) is 0 Å². The van der Waals surface area contributed by atoms with Crippen LogP contribution in [0.5, 0.6) is 11.5 Å². The van der Waals surface area contributed by atoms with Gasteiger partial charge in [-0.15, -0.1) is 0 Å². The topological polar surface area (TPSA) is 84.0 Å². The summed E-state index contributed by atoms with van der Waals surface area (Å²) in [5.41, 5.74) is 1.81. The van der Waals surface area contributed by atoms with Crippen molar-refractivity contribution in [2.45, 2.75) is 20.4 Å². The monoisotopic (exact) mass is 550 g/mol. The number of benzene rings is 2. The van der Waals surface area contributed by atoms with Crippen LogP contribution in [-0.4, -0.2) is 40.4 Å². The molecule has 4 rings (SSSR count). The van der Waals surface area contributed by atoms with Gasteiger partial charge < -0.3 is 14.8 Å². The van der Waals surface area contributed by atoms with E-state index in [-0.39, 0.29) is 19.1 Å². The second kappa shape index (κ2) is 12.0. The van der Waals surface area contributed by atoms with E-state index < -0.39 is 17.7 Å². The number of methoxy groups -OCH3 is 1. The first-order chi connectivity index (χ1) is 18.6. The number of nitrogens with one attached hydrogen (secondary N) is 1. The van der Waals surface area contributed by atoms with Crippen LogP contribution in [0.1, 0.15) is 18.2 Å². The van der Waals surface area contributed by atoms with E-state index in [9.17, 15) is 14.0 Å². The molecule has 0 fully saturated rings. The molecule has 0 bridgehead atoms. The first kappa shape index (κ1) is 27.7. The van der Waals surface area contributed by atoms with Gasteiger partial charge in [0.25, 0.3) is 0 Å². The molecule has 2 heterocycles. The van der Waals surface area contributed by atoms with Crippen LogP contribution in [0.2, 0.25) is 5.02 Å². The molecule has 202 valence electrons. The van der Waals surface area contributed by atoms with E-state index in [1.165, 1.54) is 29.0 Å². The second-order valence-electron chi connectivity index (χ2n) is 9.02. The molecule has 1 N–H and O–H groups in total. The maximum Gasteiger partial charge on any atom is 0.330 e. The molecular weight excluding hydrogens is 523 g/mol. The predicted octanol–water partition coefficient (Wildman–Crippen LogP) is 6.49. The number of hydrogen-bond donors (Lipinski definition) is 1. The molecule has 39 heavy (non-hydrogen) atoms. The predicted molar refractivity (Wildman–Crippen MR) is 147 cm³/mol. The summed E-state index contributed by atoms with van der Waals surface area (Å²) >= 11 is 6.04. The lowest BCUT2D eigenvalue weighted by atomic mass is 10.1. The highest BCUT2D eigenvalue weighted by Gasteiger charge is 2.33. The first-order valence-electron chi connectivity index (χ1n) is 12.1. The number of amides is 2. The lowest BCUT2D eigenvalue weighted by molar-refractivity contribution is -0.145. The van der Waals surface area contributed by atoms with Gasteiger partial charge >= 0.3 is 12.0 Å². The quantitative estimate of drug-likeness (QED) is 0.307. The van der Waals surface area contributed by atoms with Gasteiger partial charge in [0, 0.05) is 29.4 Å². The highest BCUT2D eigenvalue weighted by atomic mass is 35.5. The summed E-state index contributed by atoms with van der Waals surface area (Å²) < 4.78 is 24.1. The molecule has 3 aromatic rings. The lowest BCUT2D eigenvalue weighted by Crippen LogP contribution is -2.48. The lowest BCUT2D eigenvalue weighted by Gasteiger charge is -2.37. The normalized spacial score (nSPS) is 14.1. The van der Waals surface area contributed by atoms with Crippen molar-refractivity contribution in [1.29, 1.82) is 0 Å². The van der Waals surface area contributed by atoms with Crippen molar-refractivity contribution in [3.63, 3.8) is 0 Å². The molecule has 1 aliphatic rings. The minimum absolute atomic E-state index is 0.106. The highest BCUT2D eigenvalue weighted by molar-refractivity contribution is 6.30. The summed E-state index contributed by atoms with van der Waals surface area (Å²) in [6.07, 6.45) is 1.72. The number of carbonyl (C=O) groups excluding carboxylic acids is 2. The second-order valence-corrected chi connectivity index (χ2v) is 9.45. The van der Waals surface area contributed by atoms with Gasteiger partial charge in [0.05, 0.1) is 25.3 Å². The van der Waals surface area contributed by atoms with Gasteiger partial charge in [-0.25, -0.2) is 14.2 Å². The van der Waals surface area contributed by atoms with Crippen LogP contribution in [0.3, 0.4) is 0 Å². The third-order valence-corrected chi connectivity index (χ3v) is 6.29. The Morgan fingerprint density at radius 2 is 1.90 bits per heavy atom. The molecule has 1 aliphatic heterocycles. The van der Waals surface area contributed by atoms with Crippen molar-refractivity contribution < 1.29 is 23.5 Å².